The Labute approximate surface area is 287 Å². The number of carbonyl (C=O) groups excluding carboxylic acids is 3. The zero-order chi connectivity index (χ0) is 35.2. The number of hydrogen-bond acceptors (Lipinski definition) is 13. The summed E-state index contributed by atoms with van der Waals surface area (Å²) < 4.78 is 0. The number of rotatable bonds is 20. The molecule has 0 bridgehead atoms. The van der Waals surface area contributed by atoms with E-state index in [1.54, 1.807) is 42.5 Å². The molecule has 0 saturated carbocycles. The van der Waals surface area contributed by atoms with Gasteiger partial charge in [0.25, 0.3) is 5.91 Å². The van der Waals surface area contributed by atoms with E-state index in [0.717, 1.165) is 64.2 Å². The molecular formula is C34H48N12O3. The van der Waals surface area contributed by atoms with E-state index in [0.29, 0.717) is 47.0 Å². The van der Waals surface area contributed by atoms with Gasteiger partial charge in [-0.1, -0.05) is 26.8 Å². The first-order valence-corrected chi connectivity index (χ1v) is 16.8. The van der Waals surface area contributed by atoms with Crippen LogP contribution in [0, 0.1) is 0 Å². The normalized spacial score (nSPS) is 13.0. The highest BCUT2D eigenvalue weighted by Gasteiger charge is 2.24. The Balaban J connectivity index is 1.39. The monoisotopic (exact) mass is 672 g/mol. The molecule has 0 spiro atoms. The Morgan fingerprint density at radius 1 is 0.878 bits per heavy atom. The third kappa shape index (κ3) is 11.6. The van der Waals surface area contributed by atoms with Gasteiger partial charge >= 0.3 is 0 Å². The van der Waals surface area contributed by atoms with Crippen molar-refractivity contribution in [1.82, 2.24) is 24.8 Å². The van der Waals surface area contributed by atoms with Gasteiger partial charge in [0, 0.05) is 30.2 Å². The Morgan fingerprint density at radius 3 is 2.14 bits per heavy atom. The van der Waals surface area contributed by atoms with E-state index < -0.39 is 17.7 Å². The molecule has 262 valence electrons. The number of nitrogens with one attached hydrogen (secondary N) is 5. The van der Waals surface area contributed by atoms with Gasteiger partial charge in [0.15, 0.2) is 5.78 Å². The lowest BCUT2D eigenvalue weighted by Crippen LogP contribution is -2.31. The highest BCUT2D eigenvalue weighted by Crippen LogP contribution is 2.27. The molecule has 4 rings (SSSR count). The fraction of sp³-hybridized carbons (Fsp3) is 0.471. The third-order valence-corrected chi connectivity index (χ3v) is 8.05. The maximum absolute atomic E-state index is 12.9. The van der Waals surface area contributed by atoms with E-state index >= 15 is 0 Å². The molecule has 2 amide bonds. The number of azo groups is 1. The summed E-state index contributed by atoms with van der Waals surface area (Å²) in [5, 5.41) is 23.5. The summed E-state index contributed by atoms with van der Waals surface area (Å²) in [4.78, 5) is 55.2. The van der Waals surface area contributed by atoms with Crippen LogP contribution in [0.5, 0.6) is 0 Å². The summed E-state index contributed by atoms with van der Waals surface area (Å²) in [6.45, 7) is 14.2. The molecule has 5 N–H and O–H groups in total. The van der Waals surface area contributed by atoms with Gasteiger partial charge in [0.05, 0.1) is 12.1 Å². The van der Waals surface area contributed by atoms with E-state index in [2.05, 4.69) is 89.4 Å². The van der Waals surface area contributed by atoms with Gasteiger partial charge in [-0.25, -0.2) is 0 Å². The zero-order valence-corrected chi connectivity index (χ0v) is 29.0. The van der Waals surface area contributed by atoms with E-state index in [1.165, 1.54) is 6.92 Å². The average molecular weight is 673 g/mol. The molecule has 0 saturated heterocycles. The second-order valence-electron chi connectivity index (χ2n) is 11.8. The second-order valence-corrected chi connectivity index (χ2v) is 11.8. The van der Waals surface area contributed by atoms with E-state index in [9.17, 15) is 14.4 Å². The Morgan fingerprint density at radius 2 is 1.51 bits per heavy atom. The molecule has 1 atom stereocenters. The topological polar surface area (TPSA) is 181 Å². The standard InChI is InChI=1S/C34H48N12O3/c1-6-45(5)19-9-17-35-32-40-33(36-18-10-20-46(7-2)8-3)42-34(41-32)38-25-13-15-26(16-14-25)43-44-30(23(4)47)31(49)37-27-12-11-24-21-29(48)39-28(24)22-27/h11-16,22,30H,6-10,17-21H2,1-5H3,(H,37,49)(H,39,48)(H3,35,36,38,40,41,42). The molecule has 15 nitrogen and oxygen atoms in total. The minimum Gasteiger partial charge on any atom is -0.354 e. The summed E-state index contributed by atoms with van der Waals surface area (Å²) >= 11 is 0. The number of amides is 2. The van der Waals surface area contributed by atoms with Gasteiger partial charge in [-0.3, -0.25) is 14.4 Å². The molecular weight excluding hydrogens is 624 g/mol. The quantitative estimate of drug-likeness (QED) is 0.0638. The van der Waals surface area contributed by atoms with Crippen LogP contribution < -0.4 is 26.6 Å². The summed E-state index contributed by atoms with van der Waals surface area (Å²) in [5.74, 6) is 0.157. The molecule has 2 aromatic carbocycles. The largest absolute Gasteiger partial charge is 0.354 e. The molecule has 0 radical (unpaired) electrons. The average Bonchev–Trinajstić information content (AvgIpc) is 3.46. The molecule has 0 aliphatic carbocycles. The number of anilines is 6. The molecule has 1 aromatic heterocycles. The summed E-state index contributed by atoms with van der Waals surface area (Å²) in [6.07, 6.45) is 2.20. The van der Waals surface area contributed by atoms with Crippen molar-refractivity contribution >= 4 is 58.2 Å². The fourth-order valence-corrected chi connectivity index (χ4v) is 5.03. The van der Waals surface area contributed by atoms with Crippen molar-refractivity contribution in [3.05, 3.63) is 48.0 Å². The van der Waals surface area contributed by atoms with Crippen LogP contribution in [0.3, 0.4) is 0 Å². The second kappa shape index (κ2) is 18.5. The van der Waals surface area contributed by atoms with Crippen LogP contribution >= 0.6 is 0 Å². The first kappa shape index (κ1) is 36.8. The van der Waals surface area contributed by atoms with Crippen LogP contribution in [0.1, 0.15) is 46.1 Å². The van der Waals surface area contributed by atoms with Crippen molar-refractivity contribution in [3.8, 4) is 0 Å². The van der Waals surface area contributed by atoms with Gasteiger partial charge in [-0.2, -0.15) is 25.2 Å². The SMILES string of the molecule is CCN(C)CCCNc1nc(NCCCN(CC)CC)nc(Nc2ccc(N=NC(C(C)=O)C(=O)Nc3ccc4c(c3)NC(=O)C4)cc2)n1. The molecule has 2 heterocycles. The lowest BCUT2D eigenvalue weighted by atomic mass is 10.1. The van der Waals surface area contributed by atoms with Gasteiger partial charge in [-0.15, -0.1) is 0 Å². The third-order valence-electron chi connectivity index (χ3n) is 8.05. The van der Waals surface area contributed by atoms with Crippen LogP contribution in [-0.4, -0.2) is 101 Å². The predicted molar refractivity (Wildman–Crippen MR) is 193 cm³/mol. The minimum atomic E-state index is -1.34. The highest BCUT2D eigenvalue weighted by molar-refractivity contribution is 6.10. The fourth-order valence-electron chi connectivity index (χ4n) is 5.03. The van der Waals surface area contributed by atoms with Crippen molar-refractivity contribution in [1.29, 1.82) is 0 Å². The summed E-state index contributed by atoms with van der Waals surface area (Å²) in [5.41, 5.74) is 3.09. The van der Waals surface area contributed by atoms with Crippen LogP contribution in [0.4, 0.5) is 40.6 Å². The Bertz CT molecular complexity index is 1590. The first-order chi connectivity index (χ1) is 23.7. The molecule has 1 unspecified atom stereocenters. The Kier molecular flexibility index (Phi) is 13.9. The number of ketones is 1. The van der Waals surface area contributed by atoms with Gasteiger partial charge in [-0.05, 0) is 101 Å². The van der Waals surface area contributed by atoms with Crippen molar-refractivity contribution in [3.63, 3.8) is 0 Å². The number of fused-ring (bicyclic) bond motifs is 1. The molecule has 15 heteroatoms. The van der Waals surface area contributed by atoms with Crippen LogP contribution in [-0.2, 0) is 20.8 Å². The van der Waals surface area contributed by atoms with Crippen LogP contribution in [0.2, 0.25) is 0 Å². The predicted octanol–water partition coefficient (Wildman–Crippen LogP) is 4.69. The lowest BCUT2D eigenvalue weighted by molar-refractivity contribution is -0.126. The van der Waals surface area contributed by atoms with E-state index in [4.69, 9.17) is 0 Å². The molecule has 49 heavy (non-hydrogen) atoms. The molecule has 1 aliphatic rings. The van der Waals surface area contributed by atoms with Gasteiger partial charge in [0.2, 0.25) is 29.8 Å². The molecule has 3 aromatic rings. The van der Waals surface area contributed by atoms with Crippen LogP contribution in [0.25, 0.3) is 0 Å². The first-order valence-electron chi connectivity index (χ1n) is 16.8. The number of benzene rings is 2. The minimum absolute atomic E-state index is 0.106. The number of carbonyl (C=O) groups is 3. The number of Topliss-reactive ketones (excluding diaryl/α,β-unsaturated/α-hetero) is 1. The molecule has 1 aliphatic heterocycles. The smallest absolute Gasteiger partial charge is 0.258 e. The summed E-state index contributed by atoms with van der Waals surface area (Å²) in [6, 6.07) is 10.7. The van der Waals surface area contributed by atoms with E-state index in [-0.39, 0.29) is 5.91 Å². The molecule has 0 fully saturated rings. The Hall–Kier alpha value is -5.02. The maximum Gasteiger partial charge on any atom is 0.258 e. The van der Waals surface area contributed by atoms with Crippen LogP contribution in [0.15, 0.2) is 52.7 Å². The number of nitrogens with zero attached hydrogens (tertiary/aromatic N) is 7. The zero-order valence-electron chi connectivity index (χ0n) is 29.0. The van der Waals surface area contributed by atoms with Crippen molar-refractivity contribution < 1.29 is 14.4 Å². The summed E-state index contributed by atoms with van der Waals surface area (Å²) in [7, 11) is 2.09. The van der Waals surface area contributed by atoms with Crippen molar-refractivity contribution in [2.24, 2.45) is 10.2 Å². The highest BCUT2D eigenvalue weighted by atomic mass is 16.2. The maximum atomic E-state index is 12.9. The number of aromatic nitrogens is 3. The number of hydrogen-bond donors (Lipinski definition) is 5. The van der Waals surface area contributed by atoms with Gasteiger partial charge in [0.1, 0.15) is 0 Å². The van der Waals surface area contributed by atoms with E-state index in [1.807, 2.05) is 0 Å². The lowest BCUT2D eigenvalue weighted by Gasteiger charge is -2.18. The van der Waals surface area contributed by atoms with Crippen molar-refractivity contribution in [2.75, 3.05) is 79.4 Å². The van der Waals surface area contributed by atoms with Gasteiger partial charge < -0.3 is 36.4 Å². The van der Waals surface area contributed by atoms with Crippen molar-refractivity contribution in [2.45, 2.75) is 53.0 Å².